The molecule has 82 valence electrons. The van der Waals surface area contributed by atoms with E-state index in [0.717, 1.165) is 12.8 Å². The number of nitrogens with one attached hydrogen (secondary N) is 1. The molecule has 0 saturated heterocycles. The molecular formula is C11H13F2NO. The lowest BCUT2D eigenvalue weighted by Gasteiger charge is -2.35. The van der Waals surface area contributed by atoms with Gasteiger partial charge in [-0.05, 0) is 32.0 Å². The second kappa shape index (κ2) is 4.14. The van der Waals surface area contributed by atoms with Gasteiger partial charge < -0.3 is 10.1 Å². The molecule has 0 unspecified atom stereocenters. The molecule has 1 aromatic rings. The van der Waals surface area contributed by atoms with Gasteiger partial charge in [0.25, 0.3) is 0 Å². The zero-order valence-corrected chi connectivity index (χ0v) is 8.47. The van der Waals surface area contributed by atoms with Crippen molar-refractivity contribution in [1.82, 2.24) is 5.32 Å². The SMILES string of the molecule is CNC1CC(Oc2c(F)cccc2F)C1. The lowest BCUT2D eigenvalue weighted by atomic mass is 9.89. The molecule has 0 heterocycles. The second-order valence-electron chi connectivity index (χ2n) is 3.75. The highest BCUT2D eigenvalue weighted by molar-refractivity contribution is 5.26. The number of para-hydroxylation sites is 1. The summed E-state index contributed by atoms with van der Waals surface area (Å²) in [6, 6.07) is 4.14. The van der Waals surface area contributed by atoms with Gasteiger partial charge in [-0.2, -0.15) is 0 Å². The van der Waals surface area contributed by atoms with Crippen molar-refractivity contribution in [2.75, 3.05) is 7.05 Å². The first kappa shape index (κ1) is 10.4. The molecule has 2 nitrogen and oxygen atoms in total. The van der Waals surface area contributed by atoms with Gasteiger partial charge in [0.05, 0.1) is 0 Å². The molecule has 15 heavy (non-hydrogen) atoms. The molecule has 1 fully saturated rings. The Hall–Kier alpha value is -1.16. The number of rotatable bonds is 3. The van der Waals surface area contributed by atoms with Gasteiger partial charge in [0.15, 0.2) is 17.4 Å². The smallest absolute Gasteiger partial charge is 0.191 e. The summed E-state index contributed by atoms with van der Waals surface area (Å²) < 4.78 is 31.6. The molecule has 1 aromatic carbocycles. The third-order valence-electron chi connectivity index (χ3n) is 2.71. The number of halogens is 2. The molecule has 0 bridgehead atoms. The maximum atomic E-state index is 13.2. The molecule has 1 aliphatic rings. The van der Waals surface area contributed by atoms with Crippen LogP contribution in [-0.2, 0) is 0 Å². The summed E-state index contributed by atoms with van der Waals surface area (Å²) in [6.45, 7) is 0. The zero-order chi connectivity index (χ0) is 10.8. The molecule has 2 rings (SSSR count). The number of benzene rings is 1. The van der Waals surface area contributed by atoms with Gasteiger partial charge in [-0.15, -0.1) is 0 Å². The largest absolute Gasteiger partial charge is 0.484 e. The van der Waals surface area contributed by atoms with Crippen molar-refractivity contribution >= 4 is 0 Å². The van der Waals surface area contributed by atoms with Crippen LogP contribution in [0.4, 0.5) is 8.78 Å². The van der Waals surface area contributed by atoms with E-state index in [1.165, 1.54) is 18.2 Å². The topological polar surface area (TPSA) is 21.3 Å². The van der Waals surface area contributed by atoms with Crippen LogP contribution in [0.15, 0.2) is 18.2 Å². The van der Waals surface area contributed by atoms with Crippen molar-refractivity contribution in [3.05, 3.63) is 29.8 Å². The van der Waals surface area contributed by atoms with Gasteiger partial charge in [0.1, 0.15) is 6.10 Å². The van der Waals surface area contributed by atoms with E-state index in [1.807, 2.05) is 7.05 Å². The highest BCUT2D eigenvalue weighted by Gasteiger charge is 2.30. The fraction of sp³-hybridized carbons (Fsp3) is 0.455. The minimum Gasteiger partial charge on any atom is -0.484 e. The van der Waals surface area contributed by atoms with Crippen LogP contribution >= 0.6 is 0 Å². The number of hydrogen-bond donors (Lipinski definition) is 1. The molecular weight excluding hydrogens is 200 g/mol. The second-order valence-corrected chi connectivity index (χ2v) is 3.75. The Balaban J connectivity index is 2.00. The van der Waals surface area contributed by atoms with E-state index in [4.69, 9.17) is 4.74 Å². The first-order valence-electron chi connectivity index (χ1n) is 4.98. The van der Waals surface area contributed by atoms with Gasteiger partial charge in [-0.3, -0.25) is 0 Å². The van der Waals surface area contributed by atoms with E-state index < -0.39 is 11.6 Å². The van der Waals surface area contributed by atoms with Gasteiger partial charge in [0.2, 0.25) is 0 Å². The molecule has 1 saturated carbocycles. The summed E-state index contributed by atoms with van der Waals surface area (Å²) in [5.41, 5.74) is 0. The van der Waals surface area contributed by atoms with Crippen LogP contribution in [0.3, 0.4) is 0 Å². The van der Waals surface area contributed by atoms with Crippen LogP contribution in [0.5, 0.6) is 5.75 Å². The predicted molar refractivity (Wildman–Crippen MR) is 52.9 cm³/mol. The zero-order valence-electron chi connectivity index (χ0n) is 8.47. The van der Waals surface area contributed by atoms with Gasteiger partial charge in [0, 0.05) is 6.04 Å². The van der Waals surface area contributed by atoms with Crippen molar-refractivity contribution in [3.8, 4) is 5.75 Å². The van der Waals surface area contributed by atoms with Gasteiger partial charge >= 0.3 is 0 Å². The van der Waals surface area contributed by atoms with Gasteiger partial charge in [-0.1, -0.05) is 6.07 Å². The third-order valence-corrected chi connectivity index (χ3v) is 2.71. The molecule has 0 spiro atoms. The summed E-state index contributed by atoms with van der Waals surface area (Å²) in [4.78, 5) is 0. The Bertz CT molecular complexity index is 330. The van der Waals surface area contributed by atoms with Crippen LogP contribution in [-0.4, -0.2) is 19.2 Å². The minimum atomic E-state index is -0.636. The monoisotopic (exact) mass is 213 g/mol. The normalized spacial score (nSPS) is 24.7. The highest BCUT2D eigenvalue weighted by atomic mass is 19.1. The Labute approximate surface area is 87.2 Å². The Kier molecular flexibility index (Phi) is 2.86. The van der Waals surface area contributed by atoms with Crippen LogP contribution in [0.1, 0.15) is 12.8 Å². The Morgan fingerprint density at radius 2 is 1.87 bits per heavy atom. The molecule has 0 radical (unpaired) electrons. The lowest BCUT2D eigenvalue weighted by molar-refractivity contribution is 0.0799. The van der Waals surface area contributed by atoms with E-state index in [0.29, 0.717) is 6.04 Å². The van der Waals surface area contributed by atoms with E-state index in [1.54, 1.807) is 0 Å². The Morgan fingerprint density at radius 1 is 1.27 bits per heavy atom. The van der Waals surface area contributed by atoms with Crippen LogP contribution in [0, 0.1) is 11.6 Å². The minimum absolute atomic E-state index is 0.0751. The average Bonchev–Trinajstić information content (AvgIpc) is 2.14. The van der Waals surface area contributed by atoms with Crippen LogP contribution < -0.4 is 10.1 Å². The van der Waals surface area contributed by atoms with E-state index in [9.17, 15) is 8.78 Å². The summed E-state index contributed by atoms with van der Waals surface area (Å²) in [5, 5.41) is 3.08. The van der Waals surface area contributed by atoms with Crippen molar-refractivity contribution in [3.63, 3.8) is 0 Å². The molecule has 0 aliphatic heterocycles. The summed E-state index contributed by atoms with van der Waals surface area (Å²) in [7, 11) is 1.87. The Morgan fingerprint density at radius 3 is 2.40 bits per heavy atom. The standard InChI is InChI=1S/C11H13F2NO/c1-14-7-5-8(6-7)15-11-9(12)3-2-4-10(11)13/h2-4,7-8,14H,5-6H2,1H3. The molecule has 0 atom stereocenters. The first-order valence-corrected chi connectivity index (χ1v) is 4.98. The molecule has 0 aromatic heterocycles. The maximum absolute atomic E-state index is 13.2. The third kappa shape index (κ3) is 2.09. The fourth-order valence-corrected chi connectivity index (χ4v) is 1.66. The maximum Gasteiger partial charge on any atom is 0.191 e. The highest BCUT2D eigenvalue weighted by Crippen LogP contribution is 2.29. The van der Waals surface area contributed by atoms with E-state index >= 15 is 0 Å². The van der Waals surface area contributed by atoms with Crippen molar-refractivity contribution in [2.45, 2.75) is 25.0 Å². The van der Waals surface area contributed by atoms with Crippen molar-refractivity contribution < 1.29 is 13.5 Å². The van der Waals surface area contributed by atoms with Crippen LogP contribution in [0.25, 0.3) is 0 Å². The molecule has 0 amide bonds. The summed E-state index contributed by atoms with van der Waals surface area (Å²) in [6.07, 6.45) is 1.52. The average molecular weight is 213 g/mol. The summed E-state index contributed by atoms with van der Waals surface area (Å²) in [5.74, 6) is -1.53. The quantitative estimate of drug-likeness (QED) is 0.830. The van der Waals surface area contributed by atoms with Crippen molar-refractivity contribution in [1.29, 1.82) is 0 Å². The summed E-state index contributed by atoms with van der Waals surface area (Å²) >= 11 is 0. The van der Waals surface area contributed by atoms with Crippen molar-refractivity contribution in [2.24, 2.45) is 0 Å². The van der Waals surface area contributed by atoms with Crippen LogP contribution in [0.2, 0.25) is 0 Å². The lowest BCUT2D eigenvalue weighted by Crippen LogP contribution is -2.45. The number of hydrogen-bond acceptors (Lipinski definition) is 2. The molecule has 1 N–H and O–H groups in total. The van der Waals surface area contributed by atoms with E-state index in [2.05, 4.69) is 5.32 Å². The number of ether oxygens (including phenoxy) is 1. The van der Waals surface area contributed by atoms with E-state index in [-0.39, 0.29) is 11.9 Å². The fourth-order valence-electron chi connectivity index (χ4n) is 1.66. The van der Waals surface area contributed by atoms with Gasteiger partial charge in [-0.25, -0.2) is 8.78 Å². The first-order chi connectivity index (χ1) is 7.20. The molecule has 4 heteroatoms. The predicted octanol–water partition coefficient (Wildman–Crippen LogP) is 2.09. The molecule has 1 aliphatic carbocycles.